The summed E-state index contributed by atoms with van der Waals surface area (Å²) < 4.78 is 12.9. The molecule has 4 heterocycles. The number of carbonyl (C=O) groups is 1. The molecule has 130 valence electrons. The van der Waals surface area contributed by atoms with Crippen molar-refractivity contribution in [3.63, 3.8) is 0 Å². The van der Waals surface area contributed by atoms with Crippen LogP contribution >= 0.6 is 0 Å². The summed E-state index contributed by atoms with van der Waals surface area (Å²) >= 11 is 0. The molecule has 8 nitrogen and oxygen atoms in total. The first-order valence-electron chi connectivity index (χ1n) is 8.38. The van der Waals surface area contributed by atoms with Crippen LogP contribution in [0.25, 0.3) is 11.7 Å². The van der Waals surface area contributed by atoms with Gasteiger partial charge in [-0.3, -0.25) is 4.79 Å². The third-order valence-electron chi connectivity index (χ3n) is 4.33. The van der Waals surface area contributed by atoms with Crippen LogP contribution in [-0.4, -0.2) is 25.7 Å². The van der Waals surface area contributed by atoms with Gasteiger partial charge in [0.25, 0.3) is 5.89 Å². The Kier molecular flexibility index (Phi) is 4.09. The summed E-state index contributed by atoms with van der Waals surface area (Å²) in [6.07, 6.45) is 4.93. The molecule has 0 aliphatic carbocycles. The number of hydrogen-bond acceptors (Lipinski definition) is 6. The van der Waals surface area contributed by atoms with Crippen molar-refractivity contribution in [3.05, 3.63) is 41.5 Å². The Bertz CT molecular complexity index is 878. The lowest BCUT2D eigenvalue weighted by atomic mass is 10.2. The topological polar surface area (TPSA) is 99.0 Å². The maximum absolute atomic E-state index is 12.3. The van der Waals surface area contributed by atoms with Gasteiger partial charge in [0.05, 0.1) is 24.9 Å². The lowest BCUT2D eigenvalue weighted by molar-refractivity contribution is -0.120. The average Bonchev–Trinajstić information content (AvgIpc) is 3.34. The standard InChI is InChI=1S/C17H19N5O3/c1-11-12(19-17(25-11)13-5-4-8-24-13)9-16(23)18-10-15-21-20-14-6-2-3-7-22(14)15/h4-5,8H,2-3,6-7,9-10H2,1H3,(H,18,23). The van der Waals surface area contributed by atoms with Gasteiger partial charge in [-0.05, 0) is 31.9 Å². The van der Waals surface area contributed by atoms with Crippen molar-refractivity contribution in [3.8, 4) is 11.7 Å². The second kappa shape index (κ2) is 6.54. The van der Waals surface area contributed by atoms with Gasteiger partial charge in [0, 0.05) is 13.0 Å². The van der Waals surface area contributed by atoms with Crippen LogP contribution in [0.15, 0.2) is 27.2 Å². The Balaban J connectivity index is 1.39. The van der Waals surface area contributed by atoms with Crippen LogP contribution in [-0.2, 0) is 30.7 Å². The van der Waals surface area contributed by atoms with Crippen LogP contribution in [0.2, 0.25) is 0 Å². The number of fused-ring (bicyclic) bond motifs is 1. The van der Waals surface area contributed by atoms with Crippen molar-refractivity contribution in [2.75, 3.05) is 0 Å². The first-order chi connectivity index (χ1) is 12.2. The van der Waals surface area contributed by atoms with E-state index < -0.39 is 0 Å². The molecule has 0 aromatic carbocycles. The summed E-state index contributed by atoms with van der Waals surface area (Å²) in [4.78, 5) is 16.6. The van der Waals surface area contributed by atoms with Crippen molar-refractivity contribution in [2.24, 2.45) is 0 Å². The number of carbonyl (C=O) groups excluding carboxylic acids is 1. The average molecular weight is 341 g/mol. The molecule has 1 N–H and O–H groups in total. The Hall–Kier alpha value is -2.90. The Morgan fingerprint density at radius 2 is 2.28 bits per heavy atom. The van der Waals surface area contributed by atoms with E-state index >= 15 is 0 Å². The van der Waals surface area contributed by atoms with E-state index in [9.17, 15) is 4.79 Å². The van der Waals surface area contributed by atoms with Gasteiger partial charge >= 0.3 is 0 Å². The fraction of sp³-hybridized carbons (Fsp3) is 0.412. The maximum atomic E-state index is 12.3. The second-order valence-corrected chi connectivity index (χ2v) is 6.09. The monoisotopic (exact) mass is 341 g/mol. The molecule has 0 fully saturated rings. The van der Waals surface area contributed by atoms with Gasteiger partial charge in [0.1, 0.15) is 11.6 Å². The molecular formula is C17H19N5O3. The first kappa shape index (κ1) is 15.6. The molecule has 1 aliphatic rings. The van der Waals surface area contributed by atoms with Crippen LogP contribution in [0.1, 0.15) is 35.9 Å². The highest BCUT2D eigenvalue weighted by Gasteiger charge is 2.18. The van der Waals surface area contributed by atoms with Gasteiger partial charge < -0.3 is 18.7 Å². The predicted molar refractivity (Wildman–Crippen MR) is 87.5 cm³/mol. The summed E-state index contributed by atoms with van der Waals surface area (Å²) in [5, 5.41) is 11.3. The van der Waals surface area contributed by atoms with Crippen molar-refractivity contribution in [1.82, 2.24) is 25.1 Å². The predicted octanol–water partition coefficient (Wildman–Crippen LogP) is 2.03. The third-order valence-corrected chi connectivity index (χ3v) is 4.33. The highest BCUT2D eigenvalue weighted by Crippen LogP contribution is 2.22. The highest BCUT2D eigenvalue weighted by molar-refractivity contribution is 5.78. The lowest BCUT2D eigenvalue weighted by Crippen LogP contribution is -2.27. The molecule has 1 aliphatic heterocycles. The van der Waals surface area contributed by atoms with Gasteiger partial charge in [-0.2, -0.15) is 0 Å². The van der Waals surface area contributed by atoms with Crippen molar-refractivity contribution >= 4 is 5.91 Å². The highest BCUT2D eigenvalue weighted by atomic mass is 16.4. The third kappa shape index (κ3) is 3.19. The van der Waals surface area contributed by atoms with E-state index in [0.29, 0.717) is 29.6 Å². The molecule has 4 rings (SSSR count). The number of amides is 1. The minimum Gasteiger partial charge on any atom is -0.459 e. The van der Waals surface area contributed by atoms with Crippen LogP contribution < -0.4 is 5.32 Å². The van der Waals surface area contributed by atoms with Crippen molar-refractivity contribution in [1.29, 1.82) is 0 Å². The molecule has 25 heavy (non-hydrogen) atoms. The van der Waals surface area contributed by atoms with E-state index in [4.69, 9.17) is 8.83 Å². The number of aryl methyl sites for hydroxylation is 2. The second-order valence-electron chi connectivity index (χ2n) is 6.09. The molecule has 0 spiro atoms. The van der Waals surface area contributed by atoms with E-state index in [2.05, 4.69) is 25.1 Å². The normalized spacial score (nSPS) is 13.6. The van der Waals surface area contributed by atoms with Gasteiger partial charge in [0.2, 0.25) is 5.91 Å². The molecule has 3 aromatic heterocycles. The number of nitrogens with zero attached hydrogens (tertiary/aromatic N) is 4. The smallest absolute Gasteiger partial charge is 0.263 e. The molecule has 0 saturated heterocycles. The zero-order chi connectivity index (χ0) is 17.2. The van der Waals surface area contributed by atoms with Crippen LogP contribution in [0.3, 0.4) is 0 Å². The SMILES string of the molecule is Cc1oc(-c2ccco2)nc1CC(=O)NCc1nnc2n1CCCC2. The molecule has 8 heteroatoms. The minimum absolute atomic E-state index is 0.129. The Morgan fingerprint density at radius 3 is 3.12 bits per heavy atom. The molecule has 3 aromatic rings. The number of hydrogen-bond donors (Lipinski definition) is 1. The van der Waals surface area contributed by atoms with Gasteiger partial charge in [-0.1, -0.05) is 0 Å². The lowest BCUT2D eigenvalue weighted by Gasteiger charge is -2.14. The van der Waals surface area contributed by atoms with Crippen molar-refractivity contribution in [2.45, 2.75) is 45.7 Å². The number of aromatic nitrogens is 4. The van der Waals surface area contributed by atoms with E-state index in [1.165, 1.54) is 0 Å². The minimum atomic E-state index is -0.129. The van der Waals surface area contributed by atoms with E-state index in [1.54, 1.807) is 25.3 Å². The zero-order valence-electron chi connectivity index (χ0n) is 14.0. The van der Waals surface area contributed by atoms with Crippen molar-refractivity contribution < 1.29 is 13.6 Å². The molecule has 0 atom stereocenters. The molecule has 0 radical (unpaired) electrons. The molecule has 0 saturated carbocycles. The summed E-state index contributed by atoms with van der Waals surface area (Å²) in [6, 6.07) is 3.53. The van der Waals surface area contributed by atoms with Crippen LogP contribution in [0.4, 0.5) is 0 Å². The van der Waals surface area contributed by atoms with E-state index in [1.807, 2.05) is 0 Å². The molecular weight excluding hydrogens is 322 g/mol. The van der Waals surface area contributed by atoms with Gasteiger partial charge in [-0.15, -0.1) is 10.2 Å². The molecule has 0 bridgehead atoms. The fourth-order valence-electron chi connectivity index (χ4n) is 2.99. The van der Waals surface area contributed by atoms with Gasteiger partial charge in [0.15, 0.2) is 11.6 Å². The fourth-order valence-corrected chi connectivity index (χ4v) is 2.99. The van der Waals surface area contributed by atoms with Crippen LogP contribution in [0.5, 0.6) is 0 Å². The summed E-state index contributed by atoms with van der Waals surface area (Å²) in [5.41, 5.74) is 0.604. The van der Waals surface area contributed by atoms with E-state index in [-0.39, 0.29) is 12.3 Å². The van der Waals surface area contributed by atoms with E-state index in [0.717, 1.165) is 37.5 Å². The summed E-state index contributed by atoms with van der Waals surface area (Å²) in [7, 11) is 0. The largest absolute Gasteiger partial charge is 0.459 e. The Labute approximate surface area is 144 Å². The van der Waals surface area contributed by atoms with Gasteiger partial charge in [-0.25, -0.2) is 4.98 Å². The zero-order valence-corrected chi connectivity index (χ0v) is 14.0. The summed E-state index contributed by atoms with van der Waals surface area (Å²) in [6.45, 7) is 3.08. The number of furan rings is 1. The summed E-state index contributed by atoms with van der Waals surface area (Å²) in [5.74, 6) is 3.22. The maximum Gasteiger partial charge on any atom is 0.263 e. The molecule has 0 unspecified atom stereocenters. The quantitative estimate of drug-likeness (QED) is 0.762. The Morgan fingerprint density at radius 1 is 1.36 bits per heavy atom. The first-order valence-corrected chi connectivity index (χ1v) is 8.38. The molecule has 1 amide bonds. The van der Waals surface area contributed by atoms with Crippen LogP contribution in [0, 0.1) is 6.92 Å². The number of nitrogens with one attached hydrogen (secondary N) is 1. The number of rotatable bonds is 5. The number of oxazole rings is 1.